The second-order valence-electron chi connectivity index (χ2n) is 9.65. The molecule has 0 aromatic carbocycles. The lowest BCUT2D eigenvalue weighted by Crippen LogP contribution is -2.57. The van der Waals surface area contributed by atoms with E-state index in [4.69, 9.17) is 17.2 Å². The normalized spacial score (nSPS) is 18.9. The van der Waals surface area contributed by atoms with Gasteiger partial charge in [-0.2, -0.15) is 0 Å². The van der Waals surface area contributed by atoms with Gasteiger partial charge >= 0.3 is 5.97 Å². The molecule has 0 bridgehead atoms. The molecule has 1 aliphatic heterocycles. The highest BCUT2D eigenvalue weighted by molar-refractivity contribution is 5.94. The molecule has 12 heteroatoms. The fraction of sp³-hybridized carbons (Fsp3) is 0.783. The summed E-state index contributed by atoms with van der Waals surface area (Å²) < 4.78 is 0. The van der Waals surface area contributed by atoms with E-state index < -0.39 is 47.9 Å². The van der Waals surface area contributed by atoms with E-state index in [1.807, 2.05) is 20.8 Å². The van der Waals surface area contributed by atoms with Crippen molar-refractivity contribution >= 4 is 29.7 Å². The first-order valence-corrected chi connectivity index (χ1v) is 12.3. The van der Waals surface area contributed by atoms with Crippen LogP contribution in [-0.4, -0.2) is 76.9 Å². The standard InChI is InChI=1S/C23H43N7O5/c1-5-14(4)18(22(34)35)29-20(32)17-9-7-11-30(17)21(33)16(8-6-10-27-23(25)26)28-19(31)15(24)12-13(2)3/h13-18H,5-12,24H2,1-4H3,(H,28,31)(H,29,32)(H,34,35)(H4,25,26,27). The Bertz CT molecular complexity index is 769. The van der Waals surface area contributed by atoms with Crippen LogP contribution < -0.4 is 27.8 Å². The quantitative estimate of drug-likeness (QED) is 0.104. The summed E-state index contributed by atoms with van der Waals surface area (Å²) in [5, 5.41) is 14.9. The van der Waals surface area contributed by atoms with Gasteiger partial charge in [-0.1, -0.05) is 34.1 Å². The summed E-state index contributed by atoms with van der Waals surface area (Å²) in [6.45, 7) is 8.09. The van der Waals surface area contributed by atoms with Crippen molar-refractivity contribution in [3.05, 3.63) is 0 Å². The third kappa shape index (κ3) is 9.71. The number of guanidine groups is 1. The van der Waals surface area contributed by atoms with Crippen molar-refractivity contribution in [2.24, 2.45) is 34.0 Å². The van der Waals surface area contributed by atoms with Crippen LogP contribution in [0.3, 0.4) is 0 Å². The van der Waals surface area contributed by atoms with Crippen LogP contribution in [0.1, 0.15) is 66.2 Å². The number of carboxylic acid groups (broad SMARTS) is 1. The van der Waals surface area contributed by atoms with E-state index in [-0.39, 0.29) is 30.8 Å². The second kappa shape index (κ2) is 14.5. The molecule has 0 saturated carbocycles. The van der Waals surface area contributed by atoms with Gasteiger partial charge in [0.15, 0.2) is 5.96 Å². The van der Waals surface area contributed by atoms with E-state index in [0.29, 0.717) is 38.6 Å². The Hall–Kier alpha value is -2.89. The summed E-state index contributed by atoms with van der Waals surface area (Å²) in [7, 11) is 0. The third-order valence-electron chi connectivity index (χ3n) is 6.24. The predicted molar refractivity (Wildman–Crippen MR) is 133 cm³/mol. The van der Waals surface area contributed by atoms with Gasteiger partial charge in [0.05, 0.1) is 6.04 Å². The SMILES string of the molecule is CCC(C)C(NC(=O)C1CCCN1C(=O)C(CCCN=C(N)N)NC(=O)C(N)CC(C)C)C(=O)O. The first-order valence-electron chi connectivity index (χ1n) is 12.3. The van der Waals surface area contributed by atoms with Crippen molar-refractivity contribution in [2.45, 2.75) is 90.4 Å². The van der Waals surface area contributed by atoms with Crippen LogP contribution in [0.2, 0.25) is 0 Å². The lowest BCUT2D eigenvalue weighted by Gasteiger charge is -2.30. The summed E-state index contributed by atoms with van der Waals surface area (Å²) >= 11 is 0. The third-order valence-corrected chi connectivity index (χ3v) is 6.24. The summed E-state index contributed by atoms with van der Waals surface area (Å²) in [6.07, 6.45) is 2.71. The molecule has 1 aliphatic rings. The Morgan fingerprint density at radius 2 is 1.80 bits per heavy atom. The van der Waals surface area contributed by atoms with E-state index in [9.17, 15) is 24.3 Å². The number of amides is 3. The lowest BCUT2D eigenvalue weighted by molar-refractivity contribution is -0.146. The van der Waals surface area contributed by atoms with Crippen molar-refractivity contribution in [3.8, 4) is 0 Å². The van der Waals surface area contributed by atoms with Crippen LogP contribution in [0.15, 0.2) is 4.99 Å². The number of nitrogens with two attached hydrogens (primary N) is 3. The van der Waals surface area contributed by atoms with Gasteiger partial charge in [-0.05, 0) is 43.9 Å². The molecule has 12 nitrogen and oxygen atoms in total. The smallest absolute Gasteiger partial charge is 0.326 e. The maximum Gasteiger partial charge on any atom is 0.326 e. The molecular weight excluding hydrogens is 454 g/mol. The monoisotopic (exact) mass is 497 g/mol. The fourth-order valence-corrected chi connectivity index (χ4v) is 4.09. The molecule has 1 fully saturated rings. The van der Waals surface area contributed by atoms with Gasteiger partial charge in [0.25, 0.3) is 0 Å². The largest absolute Gasteiger partial charge is 0.480 e. The van der Waals surface area contributed by atoms with Crippen molar-refractivity contribution < 1.29 is 24.3 Å². The topological polar surface area (TPSA) is 206 Å². The number of hydrogen-bond donors (Lipinski definition) is 6. The summed E-state index contributed by atoms with van der Waals surface area (Å²) in [5.41, 5.74) is 16.7. The number of nitrogens with zero attached hydrogens (tertiary/aromatic N) is 2. The van der Waals surface area contributed by atoms with E-state index in [2.05, 4.69) is 15.6 Å². The van der Waals surface area contributed by atoms with E-state index >= 15 is 0 Å². The molecule has 200 valence electrons. The second-order valence-corrected chi connectivity index (χ2v) is 9.65. The van der Waals surface area contributed by atoms with E-state index in [1.54, 1.807) is 6.92 Å². The average Bonchev–Trinajstić information content (AvgIpc) is 3.27. The first-order chi connectivity index (χ1) is 16.4. The van der Waals surface area contributed by atoms with Crippen molar-refractivity contribution in [2.75, 3.05) is 13.1 Å². The minimum absolute atomic E-state index is 0.0681. The molecule has 0 aromatic rings. The maximum atomic E-state index is 13.5. The molecule has 5 atom stereocenters. The average molecular weight is 498 g/mol. The maximum absolute atomic E-state index is 13.5. The molecule has 9 N–H and O–H groups in total. The number of carbonyl (C=O) groups is 4. The van der Waals surface area contributed by atoms with Crippen LogP contribution in [0.4, 0.5) is 0 Å². The molecule has 3 amide bonds. The van der Waals surface area contributed by atoms with Gasteiger partial charge in [0.2, 0.25) is 17.7 Å². The van der Waals surface area contributed by atoms with Gasteiger partial charge in [-0.3, -0.25) is 19.4 Å². The number of carboxylic acids is 1. The minimum atomic E-state index is -1.12. The molecule has 5 unspecified atom stereocenters. The number of aliphatic carboxylic acids is 1. The highest BCUT2D eigenvalue weighted by Crippen LogP contribution is 2.21. The van der Waals surface area contributed by atoms with Gasteiger partial charge in [-0.15, -0.1) is 0 Å². The van der Waals surface area contributed by atoms with Crippen LogP contribution in [0.25, 0.3) is 0 Å². The number of hydrogen-bond acceptors (Lipinski definition) is 6. The minimum Gasteiger partial charge on any atom is -0.480 e. The molecule has 0 spiro atoms. The highest BCUT2D eigenvalue weighted by atomic mass is 16.4. The molecule has 1 rings (SSSR count). The molecule has 0 aromatic heterocycles. The summed E-state index contributed by atoms with van der Waals surface area (Å²) in [5.74, 6) is -2.62. The summed E-state index contributed by atoms with van der Waals surface area (Å²) in [4.78, 5) is 56.1. The Morgan fingerprint density at radius 3 is 2.34 bits per heavy atom. The molecule has 0 aliphatic carbocycles. The molecule has 0 radical (unpaired) electrons. The van der Waals surface area contributed by atoms with Crippen LogP contribution >= 0.6 is 0 Å². The number of aliphatic imine (C=N–C) groups is 1. The number of carbonyl (C=O) groups excluding carboxylic acids is 3. The lowest BCUT2D eigenvalue weighted by atomic mass is 9.98. The first kappa shape index (κ1) is 30.1. The predicted octanol–water partition coefficient (Wildman–Crippen LogP) is -0.495. The summed E-state index contributed by atoms with van der Waals surface area (Å²) in [6, 6.07) is -3.54. The Morgan fingerprint density at radius 1 is 1.14 bits per heavy atom. The zero-order valence-corrected chi connectivity index (χ0v) is 21.3. The van der Waals surface area contributed by atoms with E-state index in [0.717, 1.165) is 0 Å². The fourth-order valence-electron chi connectivity index (χ4n) is 4.09. The number of nitrogens with one attached hydrogen (secondary N) is 2. The van der Waals surface area contributed by atoms with Gasteiger partial charge in [0.1, 0.15) is 18.1 Å². The van der Waals surface area contributed by atoms with Gasteiger partial charge in [0, 0.05) is 13.1 Å². The van der Waals surface area contributed by atoms with E-state index in [1.165, 1.54) is 4.90 Å². The Kier molecular flexibility index (Phi) is 12.5. The highest BCUT2D eigenvalue weighted by Gasteiger charge is 2.39. The number of rotatable bonds is 14. The van der Waals surface area contributed by atoms with Crippen molar-refractivity contribution in [1.82, 2.24) is 15.5 Å². The Labute approximate surface area is 207 Å². The van der Waals surface area contributed by atoms with Crippen LogP contribution in [0, 0.1) is 11.8 Å². The Balaban J connectivity index is 3.01. The zero-order valence-electron chi connectivity index (χ0n) is 21.3. The van der Waals surface area contributed by atoms with Gasteiger partial charge in [-0.25, -0.2) is 4.79 Å². The van der Waals surface area contributed by atoms with Crippen molar-refractivity contribution in [3.63, 3.8) is 0 Å². The van der Waals surface area contributed by atoms with Crippen LogP contribution in [0.5, 0.6) is 0 Å². The van der Waals surface area contributed by atoms with Crippen LogP contribution in [-0.2, 0) is 19.2 Å². The zero-order chi connectivity index (χ0) is 26.7. The molecule has 35 heavy (non-hydrogen) atoms. The van der Waals surface area contributed by atoms with Gasteiger partial charge < -0.3 is 37.8 Å². The number of likely N-dealkylation sites (tertiary alicyclic amines) is 1. The molecule has 1 saturated heterocycles. The van der Waals surface area contributed by atoms with Crippen molar-refractivity contribution in [1.29, 1.82) is 0 Å². The molecular formula is C23H43N7O5. The molecule has 1 heterocycles.